The molecule has 0 radical (unpaired) electrons. The molecule has 0 atom stereocenters. The van der Waals surface area contributed by atoms with Crippen LogP contribution in [0.1, 0.15) is 16.1 Å². The molecule has 0 aliphatic carbocycles. The molecule has 0 saturated carbocycles. The Hall–Kier alpha value is -3.11. The molecule has 2 heterocycles. The number of rotatable bonds is 5. The molecule has 1 saturated heterocycles. The Morgan fingerprint density at radius 3 is 2.73 bits per heavy atom. The molecule has 2 aromatic rings. The van der Waals surface area contributed by atoms with Crippen molar-refractivity contribution in [3.05, 3.63) is 35.7 Å². The third kappa shape index (κ3) is 4.29. The number of anilines is 3. The highest BCUT2D eigenvalue weighted by atomic mass is 16.5. The topological polar surface area (TPSA) is 146 Å². The van der Waals surface area contributed by atoms with Crippen LogP contribution in [0.3, 0.4) is 0 Å². The SMILES string of the molecule is Nc1cc(CN2CCOCC2)ccc1NC(=O)c1n[nH]cc1NC(=O)O. The van der Waals surface area contributed by atoms with Gasteiger partial charge in [-0.25, -0.2) is 4.79 Å². The molecule has 26 heavy (non-hydrogen) atoms. The lowest BCUT2D eigenvalue weighted by Gasteiger charge is -2.26. The van der Waals surface area contributed by atoms with Crippen LogP contribution in [0.4, 0.5) is 21.9 Å². The number of H-pyrrole nitrogens is 1. The number of morpholine rings is 1. The zero-order valence-electron chi connectivity index (χ0n) is 14.0. The molecule has 10 heteroatoms. The Labute approximate surface area is 149 Å². The maximum Gasteiger partial charge on any atom is 0.409 e. The number of hydrogen-bond donors (Lipinski definition) is 5. The quantitative estimate of drug-likeness (QED) is 0.503. The van der Waals surface area contributed by atoms with Crippen molar-refractivity contribution in [3.63, 3.8) is 0 Å². The van der Waals surface area contributed by atoms with E-state index >= 15 is 0 Å². The number of hydrogen-bond acceptors (Lipinski definition) is 6. The third-order valence-corrected chi connectivity index (χ3v) is 3.97. The molecule has 2 amide bonds. The first-order valence-corrected chi connectivity index (χ1v) is 8.06. The molecule has 0 bridgehead atoms. The second-order valence-electron chi connectivity index (χ2n) is 5.84. The van der Waals surface area contributed by atoms with E-state index in [1.54, 1.807) is 6.07 Å². The predicted octanol–water partition coefficient (Wildman–Crippen LogP) is 1.17. The number of carbonyl (C=O) groups is 2. The fourth-order valence-corrected chi connectivity index (χ4v) is 2.70. The molecule has 10 nitrogen and oxygen atoms in total. The highest BCUT2D eigenvalue weighted by Crippen LogP contribution is 2.23. The summed E-state index contributed by atoms with van der Waals surface area (Å²) in [7, 11) is 0. The zero-order chi connectivity index (χ0) is 18.5. The lowest BCUT2D eigenvalue weighted by molar-refractivity contribution is 0.0342. The van der Waals surface area contributed by atoms with E-state index in [1.807, 2.05) is 12.1 Å². The number of ether oxygens (including phenoxy) is 1. The smallest absolute Gasteiger partial charge is 0.409 e. The second-order valence-corrected chi connectivity index (χ2v) is 5.84. The van der Waals surface area contributed by atoms with Crippen LogP contribution in [0, 0.1) is 0 Å². The van der Waals surface area contributed by atoms with Gasteiger partial charge in [-0.3, -0.25) is 20.1 Å². The molecule has 0 spiro atoms. The highest BCUT2D eigenvalue weighted by molar-refractivity contribution is 6.09. The minimum absolute atomic E-state index is 0.0656. The van der Waals surface area contributed by atoms with Gasteiger partial charge in [0.05, 0.1) is 30.3 Å². The molecule has 1 aliphatic rings. The van der Waals surface area contributed by atoms with Crippen LogP contribution in [0.15, 0.2) is 24.4 Å². The van der Waals surface area contributed by atoms with Gasteiger partial charge in [-0.2, -0.15) is 5.10 Å². The molecular weight excluding hydrogens is 340 g/mol. The van der Waals surface area contributed by atoms with E-state index in [4.69, 9.17) is 15.6 Å². The summed E-state index contributed by atoms with van der Waals surface area (Å²) >= 11 is 0. The molecule has 1 fully saturated rings. The number of aromatic nitrogens is 2. The largest absolute Gasteiger partial charge is 0.465 e. The molecule has 1 aliphatic heterocycles. The van der Waals surface area contributed by atoms with Crippen LogP contribution in [0.2, 0.25) is 0 Å². The first-order valence-electron chi connectivity index (χ1n) is 8.06. The van der Waals surface area contributed by atoms with Gasteiger partial charge in [0.1, 0.15) is 0 Å². The van der Waals surface area contributed by atoms with E-state index < -0.39 is 12.0 Å². The highest BCUT2D eigenvalue weighted by Gasteiger charge is 2.18. The lowest BCUT2D eigenvalue weighted by Crippen LogP contribution is -2.35. The van der Waals surface area contributed by atoms with Crippen LogP contribution in [-0.2, 0) is 11.3 Å². The first-order chi connectivity index (χ1) is 12.5. The fourth-order valence-electron chi connectivity index (χ4n) is 2.70. The molecular formula is C16H20N6O4. The van der Waals surface area contributed by atoms with E-state index in [0.29, 0.717) is 11.4 Å². The summed E-state index contributed by atoms with van der Waals surface area (Å²) in [5.74, 6) is -0.567. The van der Waals surface area contributed by atoms with Crippen molar-refractivity contribution >= 4 is 29.1 Å². The predicted molar refractivity (Wildman–Crippen MR) is 95.1 cm³/mol. The van der Waals surface area contributed by atoms with Crippen molar-refractivity contribution in [2.24, 2.45) is 0 Å². The summed E-state index contributed by atoms with van der Waals surface area (Å²) in [5, 5.41) is 19.7. The van der Waals surface area contributed by atoms with Crippen LogP contribution in [0.5, 0.6) is 0 Å². The minimum Gasteiger partial charge on any atom is -0.465 e. The van der Waals surface area contributed by atoms with Gasteiger partial charge in [0, 0.05) is 25.8 Å². The Bertz CT molecular complexity index is 800. The van der Waals surface area contributed by atoms with Gasteiger partial charge >= 0.3 is 6.09 Å². The molecule has 0 unspecified atom stereocenters. The number of nitrogens with two attached hydrogens (primary N) is 1. The van der Waals surface area contributed by atoms with E-state index in [1.165, 1.54) is 6.20 Å². The normalized spacial score (nSPS) is 14.8. The van der Waals surface area contributed by atoms with Gasteiger partial charge in [0.2, 0.25) is 0 Å². The van der Waals surface area contributed by atoms with Crippen LogP contribution in [-0.4, -0.2) is 58.5 Å². The summed E-state index contributed by atoms with van der Waals surface area (Å²) in [6, 6.07) is 5.42. The Morgan fingerprint density at radius 2 is 2.04 bits per heavy atom. The number of nitrogens with one attached hydrogen (secondary N) is 3. The van der Waals surface area contributed by atoms with E-state index in [-0.39, 0.29) is 11.4 Å². The van der Waals surface area contributed by atoms with Crippen LogP contribution >= 0.6 is 0 Å². The van der Waals surface area contributed by atoms with E-state index in [2.05, 4.69) is 25.7 Å². The third-order valence-electron chi connectivity index (χ3n) is 3.97. The maximum atomic E-state index is 12.3. The zero-order valence-corrected chi connectivity index (χ0v) is 14.0. The standard InChI is InChI=1S/C16H20N6O4/c17-11-7-10(9-22-3-5-26-6-4-22)1-2-12(11)19-15(23)14-13(8-18-21-14)20-16(24)25/h1-2,7-8,20H,3-6,9,17H2,(H,18,21)(H,19,23)(H,24,25). The molecule has 6 N–H and O–H groups in total. The van der Waals surface area contributed by atoms with E-state index in [0.717, 1.165) is 38.4 Å². The molecule has 1 aromatic carbocycles. The minimum atomic E-state index is -1.28. The number of benzene rings is 1. The second kappa shape index (κ2) is 7.85. The van der Waals surface area contributed by atoms with Crippen LogP contribution < -0.4 is 16.4 Å². The summed E-state index contributed by atoms with van der Waals surface area (Å²) < 4.78 is 5.33. The number of nitrogens with zero attached hydrogens (tertiary/aromatic N) is 2. The van der Waals surface area contributed by atoms with Crippen molar-refractivity contribution in [2.45, 2.75) is 6.54 Å². The van der Waals surface area contributed by atoms with Gasteiger partial charge in [-0.1, -0.05) is 6.07 Å². The number of amides is 2. The van der Waals surface area contributed by atoms with Crippen molar-refractivity contribution in [1.82, 2.24) is 15.1 Å². The van der Waals surface area contributed by atoms with Gasteiger partial charge < -0.3 is 20.9 Å². The number of carbonyl (C=O) groups excluding carboxylic acids is 1. The molecule has 138 valence electrons. The fraction of sp³-hybridized carbons (Fsp3) is 0.312. The van der Waals surface area contributed by atoms with Crippen molar-refractivity contribution in [3.8, 4) is 0 Å². The summed E-state index contributed by atoms with van der Waals surface area (Å²) in [5.41, 5.74) is 7.95. The molecule has 1 aromatic heterocycles. The number of nitrogen functional groups attached to an aromatic ring is 1. The van der Waals surface area contributed by atoms with Gasteiger partial charge in [-0.15, -0.1) is 0 Å². The van der Waals surface area contributed by atoms with Crippen molar-refractivity contribution < 1.29 is 19.4 Å². The Morgan fingerprint density at radius 1 is 1.27 bits per heavy atom. The van der Waals surface area contributed by atoms with Gasteiger partial charge in [0.25, 0.3) is 5.91 Å². The van der Waals surface area contributed by atoms with Crippen molar-refractivity contribution in [2.75, 3.05) is 42.7 Å². The van der Waals surface area contributed by atoms with Gasteiger partial charge in [-0.05, 0) is 17.7 Å². The monoisotopic (exact) mass is 360 g/mol. The lowest BCUT2D eigenvalue weighted by atomic mass is 10.1. The average Bonchev–Trinajstić information content (AvgIpc) is 3.05. The van der Waals surface area contributed by atoms with Gasteiger partial charge in [0.15, 0.2) is 5.69 Å². The molecule has 3 rings (SSSR count). The summed E-state index contributed by atoms with van der Waals surface area (Å²) in [6.45, 7) is 3.95. The maximum absolute atomic E-state index is 12.3. The van der Waals surface area contributed by atoms with E-state index in [9.17, 15) is 9.59 Å². The Balaban J connectivity index is 1.67. The summed E-state index contributed by atoms with van der Waals surface area (Å²) in [4.78, 5) is 25.3. The van der Waals surface area contributed by atoms with Crippen LogP contribution in [0.25, 0.3) is 0 Å². The Kier molecular flexibility index (Phi) is 5.34. The average molecular weight is 360 g/mol. The number of carboxylic acid groups (broad SMARTS) is 1. The van der Waals surface area contributed by atoms with Crippen molar-refractivity contribution in [1.29, 1.82) is 0 Å². The summed E-state index contributed by atoms with van der Waals surface area (Å²) in [6.07, 6.45) is 0.00472. The number of aromatic amines is 1. The first kappa shape index (κ1) is 17.7.